The molecule has 0 saturated heterocycles. The lowest BCUT2D eigenvalue weighted by Crippen LogP contribution is -2.66. The van der Waals surface area contributed by atoms with E-state index >= 15 is 0 Å². The highest BCUT2D eigenvalue weighted by Crippen LogP contribution is 2.48. The summed E-state index contributed by atoms with van der Waals surface area (Å²) < 4.78 is 5.89. The Labute approximate surface area is 111 Å². The molecule has 1 heterocycles. The molecule has 18 heavy (non-hydrogen) atoms. The van der Waals surface area contributed by atoms with Crippen LogP contribution in [0.5, 0.6) is 0 Å². The third-order valence-corrected chi connectivity index (χ3v) is 4.68. The van der Waals surface area contributed by atoms with E-state index in [0.717, 1.165) is 38.5 Å². The third-order valence-electron chi connectivity index (χ3n) is 4.68. The molecule has 0 aromatic carbocycles. The molecule has 1 aliphatic carbocycles. The van der Waals surface area contributed by atoms with E-state index < -0.39 is 0 Å². The Hall–Kier alpha value is -0.770. The van der Waals surface area contributed by atoms with E-state index in [1.165, 1.54) is 12.8 Å². The maximum atomic E-state index is 5.89. The first-order chi connectivity index (χ1) is 8.76. The molecule has 0 bridgehead atoms. The first-order valence-corrected chi connectivity index (χ1v) is 7.43. The Balaban J connectivity index is 1.98. The van der Waals surface area contributed by atoms with Gasteiger partial charge in [-0.15, -0.1) is 0 Å². The minimum Gasteiger partial charge on any atom is -0.378 e. The van der Waals surface area contributed by atoms with Crippen LogP contribution < -0.4 is 10.6 Å². The Bertz CT molecular complexity index is 299. The zero-order valence-electron chi connectivity index (χ0n) is 12.0. The molecule has 4 heteroatoms. The van der Waals surface area contributed by atoms with Gasteiger partial charge in [-0.2, -0.15) is 0 Å². The average Bonchev–Trinajstić information content (AvgIpc) is 2.40. The van der Waals surface area contributed by atoms with Gasteiger partial charge in [0.2, 0.25) is 0 Å². The standard InChI is InChI=1S/C14H27N3O/c1-4-14(5-2)11(10-12(14)18-6-3)17-13-15-8-7-9-16-13/h11-12H,4-10H2,1-3H3,(H2,15,16,17). The molecule has 0 aromatic rings. The number of hydrogen-bond acceptors (Lipinski definition) is 4. The van der Waals surface area contributed by atoms with Crippen LogP contribution in [-0.2, 0) is 4.74 Å². The molecule has 1 fully saturated rings. The van der Waals surface area contributed by atoms with Crippen molar-refractivity contribution in [3.63, 3.8) is 0 Å². The number of guanidine groups is 1. The molecule has 4 nitrogen and oxygen atoms in total. The summed E-state index contributed by atoms with van der Waals surface area (Å²) in [5.41, 5.74) is 0.289. The fourth-order valence-corrected chi connectivity index (χ4v) is 3.38. The normalized spacial score (nSPS) is 30.1. The first kappa shape index (κ1) is 13.7. The van der Waals surface area contributed by atoms with E-state index in [4.69, 9.17) is 4.74 Å². The Kier molecular flexibility index (Phi) is 4.49. The molecule has 0 aromatic heterocycles. The van der Waals surface area contributed by atoms with E-state index in [0.29, 0.717) is 12.1 Å². The quantitative estimate of drug-likeness (QED) is 0.787. The maximum absolute atomic E-state index is 5.89. The third kappa shape index (κ3) is 2.35. The Morgan fingerprint density at radius 3 is 2.72 bits per heavy atom. The van der Waals surface area contributed by atoms with Crippen LogP contribution in [0.3, 0.4) is 0 Å². The molecule has 2 aliphatic rings. The van der Waals surface area contributed by atoms with E-state index in [1.54, 1.807) is 0 Å². The first-order valence-electron chi connectivity index (χ1n) is 7.43. The number of ether oxygens (including phenoxy) is 1. The lowest BCUT2D eigenvalue weighted by atomic mass is 9.58. The van der Waals surface area contributed by atoms with Gasteiger partial charge >= 0.3 is 0 Å². The monoisotopic (exact) mass is 253 g/mol. The van der Waals surface area contributed by atoms with Gasteiger partial charge in [0, 0.05) is 31.2 Å². The van der Waals surface area contributed by atoms with Crippen LogP contribution >= 0.6 is 0 Å². The van der Waals surface area contributed by atoms with Crippen molar-refractivity contribution < 1.29 is 4.74 Å². The van der Waals surface area contributed by atoms with Crippen molar-refractivity contribution in [3.05, 3.63) is 0 Å². The van der Waals surface area contributed by atoms with Gasteiger partial charge in [-0.3, -0.25) is 4.99 Å². The fourth-order valence-electron chi connectivity index (χ4n) is 3.38. The average molecular weight is 253 g/mol. The number of rotatable bonds is 5. The van der Waals surface area contributed by atoms with Gasteiger partial charge in [0.1, 0.15) is 0 Å². The molecule has 1 saturated carbocycles. The van der Waals surface area contributed by atoms with Gasteiger partial charge in [0.15, 0.2) is 5.96 Å². The second-order valence-corrected chi connectivity index (χ2v) is 5.33. The van der Waals surface area contributed by atoms with Crippen molar-refractivity contribution >= 4 is 5.96 Å². The fraction of sp³-hybridized carbons (Fsp3) is 0.929. The summed E-state index contributed by atoms with van der Waals surface area (Å²) in [5, 5.41) is 6.94. The van der Waals surface area contributed by atoms with E-state index in [1.807, 2.05) is 0 Å². The van der Waals surface area contributed by atoms with Gasteiger partial charge < -0.3 is 15.4 Å². The summed E-state index contributed by atoms with van der Waals surface area (Å²) >= 11 is 0. The minimum absolute atomic E-state index is 0.289. The predicted molar refractivity (Wildman–Crippen MR) is 74.9 cm³/mol. The molecule has 0 radical (unpaired) electrons. The maximum Gasteiger partial charge on any atom is 0.191 e. The van der Waals surface area contributed by atoms with Crippen LogP contribution in [0, 0.1) is 5.41 Å². The second kappa shape index (κ2) is 5.91. The smallest absolute Gasteiger partial charge is 0.191 e. The van der Waals surface area contributed by atoms with Gasteiger partial charge in [-0.25, -0.2) is 0 Å². The van der Waals surface area contributed by atoms with Crippen molar-refractivity contribution in [1.82, 2.24) is 10.6 Å². The van der Waals surface area contributed by atoms with Gasteiger partial charge in [-0.1, -0.05) is 13.8 Å². The lowest BCUT2D eigenvalue weighted by Gasteiger charge is -2.55. The van der Waals surface area contributed by atoms with Crippen LogP contribution in [0.1, 0.15) is 46.5 Å². The largest absolute Gasteiger partial charge is 0.378 e. The molecular formula is C14H27N3O. The van der Waals surface area contributed by atoms with Crippen molar-refractivity contribution in [2.24, 2.45) is 10.4 Å². The summed E-state index contributed by atoms with van der Waals surface area (Å²) in [6.45, 7) is 9.45. The van der Waals surface area contributed by atoms with Crippen molar-refractivity contribution in [2.75, 3.05) is 19.7 Å². The van der Waals surface area contributed by atoms with E-state index in [-0.39, 0.29) is 5.41 Å². The van der Waals surface area contributed by atoms with Crippen LogP contribution in [0.25, 0.3) is 0 Å². The minimum atomic E-state index is 0.289. The molecule has 1 aliphatic heterocycles. The highest BCUT2D eigenvalue weighted by molar-refractivity contribution is 5.80. The summed E-state index contributed by atoms with van der Waals surface area (Å²) in [6, 6.07) is 0.508. The van der Waals surface area contributed by atoms with Crippen LogP contribution in [0.2, 0.25) is 0 Å². The Morgan fingerprint density at radius 1 is 1.39 bits per heavy atom. The van der Waals surface area contributed by atoms with Gasteiger partial charge in [0.05, 0.1) is 6.10 Å². The van der Waals surface area contributed by atoms with E-state index in [9.17, 15) is 0 Å². The van der Waals surface area contributed by atoms with Gasteiger partial charge in [-0.05, 0) is 32.6 Å². The summed E-state index contributed by atoms with van der Waals surface area (Å²) in [7, 11) is 0. The molecule has 2 N–H and O–H groups in total. The van der Waals surface area contributed by atoms with Crippen molar-refractivity contribution in [2.45, 2.75) is 58.6 Å². The number of aliphatic imine (C=N–C) groups is 1. The summed E-state index contributed by atoms with van der Waals surface area (Å²) in [4.78, 5) is 4.51. The summed E-state index contributed by atoms with van der Waals surface area (Å²) in [5.74, 6) is 0.993. The van der Waals surface area contributed by atoms with Crippen LogP contribution in [0.15, 0.2) is 4.99 Å². The molecule has 104 valence electrons. The lowest BCUT2D eigenvalue weighted by molar-refractivity contribution is -0.133. The number of hydrogen-bond donors (Lipinski definition) is 2. The molecular weight excluding hydrogens is 226 g/mol. The molecule has 0 spiro atoms. The summed E-state index contributed by atoms with van der Waals surface area (Å²) in [6.07, 6.45) is 5.00. The van der Waals surface area contributed by atoms with Gasteiger partial charge in [0.25, 0.3) is 0 Å². The molecule has 0 amide bonds. The van der Waals surface area contributed by atoms with E-state index in [2.05, 4.69) is 36.4 Å². The SMILES string of the molecule is CCOC1CC(NC2=NCCCN2)C1(CC)CC. The molecule has 2 unspecified atom stereocenters. The number of nitrogens with zero attached hydrogens (tertiary/aromatic N) is 1. The van der Waals surface area contributed by atoms with Crippen LogP contribution in [-0.4, -0.2) is 37.8 Å². The number of nitrogens with one attached hydrogen (secondary N) is 2. The van der Waals surface area contributed by atoms with Crippen molar-refractivity contribution in [1.29, 1.82) is 0 Å². The molecule has 2 rings (SSSR count). The van der Waals surface area contributed by atoms with Crippen LogP contribution in [0.4, 0.5) is 0 Å². The molecule has 2 atom stereocenters. The second-order valence-electron chi connectivity index (χ2n) is 5.33. The zero-order chi connectivity index (χ0) is 13.0. The Morgan fingerprint density at radius 2 is 2.17 bits per heavy atom. The topological polar surface area (TPSA) is 45.6 Å². The predicted octanol–water partition coefficient (Wildman–Crippen LogP) is 1.91. The highest BCUT2D eigenvalue weighted by Gasteiger charge is 2.53. The highest BCUT2D eigenvalue weighted by atomic mass is 16.5. The van der Waals surface area contributed by atoms with Crippen molar-refractivity contribution in [3.8, 4) is 0 Å². The zero-order valence-corrected chi connectivity index (χ0v) is 12.0.